The van der Waals surface area contributed by atoms with Crippen LogP contribution in [0.2, 0.25) is 5.02 Å². The maximum absolute atomic E-state index is 10.9. The number of carboxylic acid groups (broad SMARTS) is 1. The van der Waals surface area contributed by atoms with Crippen LogP contribution in [0.3, 0.4) is 0 Å². The Kier molecular flexibility index (Phi) is 7.31. The second kappa shape index (κ2) is 10.1. The highest BCUT2D eigenvalue weighted by Gasteiger charge is 2.12. The molecule has 0 unspecified atom stereocenters. The zero-order valence-corrected chi connectivity index (χ0v) is 18.1. The van der Waals surface area contributed by atoms with Crippen molar-refractivity contribution in [3.05, 3.63) is 59.2 Å². The molecule has 0 fully saturated rings. The minimum Gasteiger partial charge on any atom is -0.481 e. The van der Waals surface area contributed by atoms with Gasteiger partial charge in [0.1, 0.15) is 0 Å². The monoisotopic (exact) mass is 441 g/mol. The SMILES string of the molecule is CCn1nc(OC(C)=O)c2cc(Cl)ccc21.O=C(O)CCCc1c[nH]c2ccccc12. The summed E-state index contributed by atoms with van der Waals surface area (Å²) in [7, 11) is 0. The molecule has 2 N–H and O–H groups in total. The molecule has 0 saturated heterocycles. The molecule has 0 atom stereocenters. The van der Waals surface area contributed by atoms with E-state index in [0.717, 1.165) is 22.8 Å². The number of nitrogens with one attached hydrogen (secondary N) is 1. The Morgan fingerprint density at radius 3 is 2.68 bits per heavy atom. The molecule has 2 aromatic carbocycles. The van der Waals surface area contributed by atoms with Crippen LogP contribution in [0.15, 0.2) is 48.7 Å². The van der Waals surface area contributed by atoms with E-state index in [1.165, 1.54) is 17.9 Å². The summed E-state index contributed by atoms with van der Waals surface area (Å²) >= 11 is 5.90. The Morgan fingerprint density at radius 1 is 1.19 bits per heavy atom. The maximum Gasteiger partial charge on any atom is 0.309 e. The van der Waals surface area contributed by atoms with Crippen LogP contribution in [0.5, 0.6) is 5.88 Å². The van der Waals surface area contributed by atoms with Gasteiger partial charge in [-0.15, -0.1) is 5.10 Å². The Balaban J connectivity index is 0.000000176. The number of hydrogen-bond acceptors (Lipinski definition) is 4. The van der Waals surface area contributed by atoms with Gasteiger partial charge < -0.3 is 14.8 Å². The largest absolute Gasteiger partial charge is 0.481 e. The minimum atomic E-state index is -0.727. The van der Waals surface area contributed by atoms with Crippen molar-refractivity contribution in [2.24, 2.45) is 0 Å². The lowest BCUT2D eigenvalue weighted by molar-refractivity contribution is -0.137. The predicted octanol–water partition coefficient (Wildman–Crippen LogP) is 5.21. The molecule has 0 aliphatic rings. The number of carboxylic acids is 1. The van der Waals surface area contributed by atoms with E-state index >= 15 is 0 Å². The van der Waals surface area contributed by atoms with Crippen molar-refractivity contribution in [1.82, 2.24) is 14.8 Å². The van der Waals surface area contributed by atoms with Crippen molar-refractivity contribution in [1.29, 1.82) is 0 Å². The molecule has 2 aromatic heterocycles. The summed E-state index contributed by atoms with van der Waals surface area (Å²) in [6.07, 6.45) is 3.71. The average Bonchev–Trinajstić information content (AvgIpc) is 3.29. The van der Waals surface area contributed by atoms with Crippen molar-refractivity contribution in [3.63, 3.8) is 0 Å². The summed E-state index contributed by atoms with van der Waals surface area (Å²) in [5, 5.41) is 15.3. The number of esters is 1. The molecule has 8 heteroatoms. The Labute approximate surface area is 184 Å². The highest BCUT2D eigenvalue weighted by molar-refractivity contribution is 6.31. The molecule has 31 heavy (non-hydrogen) atoms. The van der Waals surface area contributed by atoms with Crippen LogP contribution >= 0.6 is 11.6 Å². The number of aryl methyl sites for hydroxylation is 2. The lowest BCUT2D eigenvalue weighted by Crippen LogP contribution is -2.03. The number of aliphatic carboxylic acids is 1. The maximum atomic E-state index is 10.9. The van der Waals surface area contributed by atoms with Crippen LogP contribution in [-0.4, -0.2) is 31.8 Å². The molecule has 7 nitrogen and oxygen atoms in total. The van der Waals surface area contributed by atoms with Crippen molar-refractivity contribution in [3.8, 4) is 5.88 Å². The third-order valence-electron chi connectivity index (χ3n) is 4.73. The van der Waals surface area contributed by atoms with Gasteiger partial charge in [0.15, 0.2) is 0 Å². The molecule has 0 saturated carbocycles. The topological polar surface area (TPSA) is 97.2 Å². The molecule has 0 amide bonds. The normalized spacial score (nSPS) is 10.7. The van der Waals surface area contributed by atoms with Crippen LogP contribution in [0.1, 0.15) is 32.3 Å². The molecule has 0 spiro atoms. The van der Waals surface area contributed by atoms with Crippen LogP contribution in [0.4, 0.5) is 0 Å². The molecule has 4 aromatic rings. The first-order chi connectivity index (χ1) is 14.9. The van der Waals surface area contributed by atoms with E-state index in [1.54, 1.807) is 16.8 Å². The van der Waals surface area contributed by atoms with E-state index in [1.807, 2.05) is 37.4 Å². The molecule has 0 aliphatic heterocycles. The van der Waals surface area contributed by atoms with Crippen LogP contribution in [-0.2, 0) is 22.6 Å². The summed E-state index contributed by atoms with van der Waals surface area (Å²) in [6, 6.07) is 13.5. The zero-order valence-electron chi connectivity index (χ0n) is 17.4. The Hall–Kier alpha value is -3.32. The van der Waals surface area contributed by atoms with Gasteiger partial charge in [0, 0.05) is 42.0 Å². The van der Waals surface area contributed by atoms with Gasteiger partial charge in [-0.05, 0) is 49.6 Å². The van der Waals surface area contributed by atoms with Crippen molar-refractivity contribution in [2.75, 3.05) is 0 Å². The second-order valence-electron chi connectivity index (χ2n) is 6.98. The summed E-state index contributed by atoms with van der Waals surface area (Å²) < 4.78 is 6.80. The number of H-pyrrole nitrogens is 1. The van der Waals surface area contributed by atoms with Gasteiger partial charge in [0.25, 0.3) is 0 Å². The molecule has 162 valence electrons. The molecule has 4 rings (SSSR count). The van der Waals surface area contributed by atoms with Gasteiger partial charge >= 0.3 is 11.9 Å². The number of para-hydroxylation sites is 1. The number of fused-ring (bicyclic) bond motifs is 2. The summed E-state index contributed by atoms with van der Waals surface area (Å²) in [6.45, 7) is 4.03. The number of carbonyl (C=O) groups is 2. The van der Waals surface area contributed by atoms with E-state index in [9.17, 15) is 9.59 Å². The Bertz CT molecular complexity index is 1210. The molecule has 0 radical (unpaired) electrons. The average molecular weight is 442 g/mol. The smallest absolute Gasteiger partial charge is 0.309 e. The van der Waals surface area contributed by atoms with Crippen LogP contribution in [0, 0.1) is 0 Å². The zero-order chi connectivity index (χ0) is 22.4. The number of halogens is 1. The summed E-state index contributed by atoms with van der Waals surface area (Å²) in [5.41, 5.74) is 3.22. The van der Waals surface area contributed by atoms with Crippen LogP contribution < -0.4 is 4.74 Å². The van der Waals surface area contributed by atoms with E-state index in [2.05, 4.69) is 16.1 Å². The quantitative estimate of drug-likeness (QED) is 0.400. The number of aromatic amines is 1. The van der Waals surface area contributed by atoms with Gasteiger partial charge in [-0.1, -0.05) is 29.8 Å². The molecular formula is C23H24ClN3O4. The molecule has 2 heterocycles. The standard InChI is InChI=1S/C12H13NO2.C11H11ClN2O2/c14-12(15)7-3-4-9-8-13-11-6-2-1-5-10(9)11;1-3-14-10-5-4-8(12)6-9(10)11(13-14)16-7(2)15/h1-2,5-6,8,13H,3-4,7H2,(H,14,15);4-6H,3H2,1-2H3. The van der Waals surface area contributed by atoms with Gasteiger partial charge in [0.05, 0.1) is 10.9 Å². The van der Waals surface area contributed by atoms with E-state index in [-0.39, 0.29) is 12.4 Å². The minimum absolute atomic E-state index is 0.236. The third kappa shape index (κ3) is 5.64. The Morgan fingerprint density at radius 2 is 1.97 bits per heavy atom. The number of aromatic nitrogens is 3. The molecule has 0 aliphatic carbocycles. The van der Waals surface area contributed by atoms with Crippen molar-refractivity contribution in [2.45, 2.75) is 39.7 Å². The van der Waals surface area contributed by atoms with Crippen LogP contribution in [0.25, 0.3) is 21.8 Å². The van der Waals surface area contributed by atoms with E-state index in [4.69, 9.17) is 21.4 Å². The number of hydrogen-bond donors (Lipinski definition) is 2. The number of ether oxygens (including phenoxy) is 1. The number of carbonyl (C=O) groups excluding carboxylic acids is 1. The number of rotatable bonds is 6. The third-order valence-corrected chi connectivity index (χ3v) is 4.97. The highest BCUT2D eigenvalue weighted by Crippen LogP contribution is 2.28. The van der Waals surface area contributed by atoms with Gasteiger partial charge in [-0.25, -0.2) is 0 Å². The first-order valence-electron chi connectivity index (χ1n) is 10.00. The lowest BCUT2D eigenvalue weighted by atomic mass is 10.1. The fourth-order valence-electron chi connectivity index (χ4n) is 3.34. The molecular weight excluding hydrogens is 418 g/mol. The summed E-state index contributed by atoms with van der Waals surface area (Å²) in [5.74, 6) is -0.802. The summed E-state index contributed by atoms with van der Waals surface area (Å²) in [4.78, 5) is 24.5. The fourth-order valence-corrected chi connectivity index (χ4v) is 3.52. The van der Waals surface area contributed by atoms with Gasteiger partial charge in [-0.3, -0.25) is 14.3 Å². The van der Waals surface area contributed by atoms with Crippen molar-refractivity contribution >= 4 is 45.3 Å². The molecule has 0 bridgehead atoms. The lowest BCUT2D eigenvalue weighted by Gasteiger charge is -1.96. The first kappa shape index (κ1) is 22.4. The first-order valence-corrected chi connectivity index (χ1v) is 10.4. The second-order valence-corrected chi connectivity index (χ2v) is 7.42. The van der Waals surface area contributed by atoms with Gasteiger partial charge in [0.2, 0.25) is 5.88 Å². The van der Waals surface area contributed by atoms with Crippen molar-refractivity contribution < 1.29 is 19.4 Å². The predicted molar refractivity (Wildman–Crippen MR) is 121 cm³/mol. The van der Waals surface area contributed by atoms with Gasteiger partial charge in [-0.2, -0.15) is 0 Å². The number of nitrogens with zero attached hydrogens (tertiary/aromatic N) is 2. The van der Waals surface area contributed by atoms with E-state index in [0.29, 0.717) is 23.9 Å². The van der Waals surface area contributed by atoms with E-state index < -0.39 is 5.97 Å². The fraction of sp³-hybridized carbons (Fsp3) is 0.261. The highest BCUT2D eigenvalue weighted by atomic mass is 35.5. The number of benzene rings is 2.